The fraction of sp³-hybridized carbons (Fsp3) is 0.185. The zero-order valence-electron chi connectivity index (χ0n) is 17.7. The van der Waals surface area contributed by atoms with E-state index in [1.165, 1.54) is 20.5 Å². The van der Waals surface area contributed by atoms with Crippen molar-refractivity contribution >= 4 is 27.1 Å². The van der Waals surface area contributed by atoms with Gasteiger partial charge in [0.2, 0.25) is 0 Å². The van der Waals surface area contributed by atoms with Crippen molar-refractivity contribution < 1.29 is 0 Å². The highest BCUT2D eigenvalue weighted by molar-refractivity contribution is 7.19. The van der Waals surface area contributed by atoms with Crippen LogP contribution in [0.15, 0.2) is 83.8 Å². The van der Waals surface area contributed by atoms with E-state index < -0.39 is 0 Å². The van der Waals surface area contributed by atoms with Crippen molar-refractivity contribution in [3.63, 3.8) is 0 Å². The topological polar surface area (TPSA) is 37.6 Å². The summed E-state index contributed by atoms with van der Waals surface area (Å²) in [5.74, 6) is 0. The number of aromatic nitrogens is 2. The summed E-state index contributed by atoms with van der Waals surface area (Å²) in [6, 6.07) is 24.5. The van der Waals surface area contributed by atoms with Gasteiger partial charge in [-0.3, -0.25) is 14.1 Å². The van der Waals surface area contributed by atoms with Crippen LogP contribution in [0.1, 0.15) is 16.0 Å². The molecule has 32 heavy (non-hydrogen) atoms. The van der Waals surface area contributed by atoms with E-state index in [-0.39, 0.29) is 5.56 Å². The lowest BCUT2D eigenvalue weighted by molar-refractivity contribution is 0.260. The summed E-state index contributed by atoms with van der Waals surface area (Å²) >= 11 is 1.93. The Morgan fingerprint density at radius 2 is 1.75 bits per heavy atom. The van der Waals surface area contributed by atoms with Crippen molar-refractivity contribution in [3.05, 3.63) is 105 Å². The lowest BCUT2D eigenvalue weighted by Gasteiger charge is -2.27. The van der Waals surface area contributed by atoms with Crippen molar-refractivity contribution in [1.29, 1.82) is 0 Å². The molecular formula is C27H23N3OS. The standard InChI is InChI=1S/C27H23N3OS/c31-27-21(26(19-8-2-1-3-9-19)28-25-12-6-7-15-30(25)27)13-16-29-17-14-24-22(18-29)20-10-4-5-11-23(20)32-24/h1-12,15H,13-14,16-18H2. The van der Waals surface area contributed by atoms with Gasteiger partial charge < -0.3 is 0 Å². The van der Waals surface area contributed by atoms with Gasteiger partial charge in [0.05, 0.1) is 5.69 Å². The highest BCUT2D eigenvalue weighted by atomic mass is 32.1. The summed E-state index contributed by atoms with van der Waals surface area (Å²) in [4.78, 5) is 22.3. The zero-order valence-corrected chi connectivity index (χ0v) is 18.5. The number of fused-ring (bicyclic) bond motifs is 4. The highest BCUT2D eigenvalue weighted by Crippen LogP contribution is 2.35. The number of nitrogens with zero attached hydrogens (tertiary/aromatic N) is 3. The van der Waals surface area contributed by atoms with E-state index in [0.29, 0.717) is 12.1 Å². The molecule has 5 aromatic rings. The molecule has 1 aliphatic rings. The van der Waals surface area contributed by atoms with Gasteiger partial charge >= 0.3 is 0 Å². The first kappa shape index (κ1) is 19.4. The van der Waals surface area contributed by atoms with Crippen molar-refractivity contribution in [3.8, 4) is 11.3 Å². The van der Waals surface area contributed by atoms with Crippen molar-refractivity contribution in [2.24, 2.45) is 0 Å². The van der Waals surface area contributed by atoms with Gasteiger partial charge in [-0.2, -0.15) is 0 Å². The van der Waals surface area contributed by atoms with Crippen molar-refractivity contribution in [1.82, 2.24) is 14.3 Å². The smallest absolute Gasteiger partial charge is 0.261 e. The van der Waals surface area contributed by atoms with Crippen LogP contribution in [-0.4, -0.2) is 27.4 Å². The maximum absolute atomic E-state index is 13.4. The maximum atomic E-state index is 13.4. The minimum atomic E-state index is 0.0353. The minimum Gasteiger partial charge on any atom is -0.298 e. The van der Waals surface area contributed by atoms with E-state index in [9.17, 15) is 4.79 Å². The molecule has 0 saturated heterocycles. The Morgan fingerprint density at radius 3 is 2.66 bits per heavy atom. The molecular weight excluding hydrogens is 414 g/mol. The van der Waals surface area contributed by atoms with E-state index in [2.05, 4.69) is 29.2 Å². The monoisotopic (exact) mass is 437 g/mol. The van der Waals surface area contributed by atoms with Gasteiger partial charge in [-0.15, -0.1) is 11.3 Å². The van der Waals surface area contributed by atoms with Crippen LogP contribution in [0.25, 0.3) is 27.0 Å². The molecule has 2 aromatic carbocycles. The first-order valence-electron chi connectivity index (χ1n) is 11.1. The second-order valence-corrected chi connectivity index (χ2v) is 9.45. The number of hydrogen-bond acceptors (Lipinski definition) is 4. The molecule has 0 bridgehead atoms. The molecule has 0 spiro atoms. The fourth-order valence-electron chi connectivity index (χ4n) is 4.73. The molecule has 0 radical (unpaired) electrons. The molecule has 158 valence electrons. The molecule has 0 unspecified atom stereocenters. The van der Waals surface area contributed by atoms with Crippen LogP contribution in [0, 0.1) is 0 Å². The van der Waals surface area contributed by atoms with Gasteiger partial charge in [0.15, 0.2) is 0 Å². The van der Waals surface area contributed by atoms with E-state index >= 15 is 0 Å². The summed E-state index contributed by atoms with van der Waals surface area (Å²) in [7, 11) is 0. The SMILES string of the molecule is O=c1c(CCN2CCc3sc4ccccc4c3C2)c(-c2ccccc2)nc2ccccn12. The van der Waals surface area contributed by atoms with Crippen LogP contribution in [-0.2, 0) is 19.4 Å². The van der Waals surface area contributed by atoms with Crippen LogP contribution in [0.2, 0.25) is 0 Å². The van der Waals surface area contributed by atoms with E-state index in [1.54, 1.807) is 4.40 Å². The normalized spacial score (nSPS) is 14.1. The van der Waals surface area contributed by atoms with Gasteiger partial charge in [-0.25, -0.2) is 4.98 Å². The molecule has 4 nitrogen and oxygen atoms in total. The molecule has 0 N–H and O–H groups in total. The second-order valence-electron chi connectivity index (χ2n) is 8.32. The Labute approximate surface area is 190 Å². The van der Waals surface area contributed by atoms with Gasteiger partial charge in [-0.1, -0.05) is 54.6 Å². The molecule has 6 rings (SSSR count). The van der Waals surface area contributed by atoms with Gasteiger partial charge in [0.25, 0.3) is 5.56 Å². The molecule has 0 aliphatic carbocycles. The number of rotatable bonds is 4. The molecule has 5 heteroatoms. The Hall–Kier alpha value is -3.28. The summed E-state index contributed by atoms with van der Waals surface area (Å²) in [5.41, 5.74) is 4.78. The first-order valence-corrected chi connectivity index (χ1v) is 11.9. The number of hydrogen-bond donors (Lipinski definition) is 0. The Morgan fingerprint density at radius 1 is 0.938 bits per heavy atom. The summed E-state index contributed by atoms with van der Waals surface area (Å²) < 4.78 is 3.05. The third kappa shape index (κ3) is 3.34. The van der Waals surface area contributed by atoms with Gasteiger partial charge in [-0.05, 0) is 42.0 Å². The minimum absolute atomic E-state index is 0.0353. The van der Waals surface area contributed by atoms with Gasteiger partial charge in [0, 0.05) is 46.5 Å². The Kier molecular flexibility index (Phi) is 4.86. The van der Waals surface area contributed by atoms with Gasteiger partial charge in [0.1, 0.15) is 5.65 Å². The molecule has 0 atom stereocenters. The average molecular weight is 438 g/mol. The third-order valence-corrected chi connectivity index (χ3v) is 7.64. The van der Waals surface area contributed by atoms with Crippen LogP contribution in [0.5, 0.6) is 0 Å². The Balaban J connectivity index is 1.34. The molecule has 4 heterocycles. The highest BCUT2D eigenvalue weighted by Gasteiger charge is 2.22. The van der Waals surface area contributed by atoms with E-state index in [1.807, 2.05) is 66.1 Å². The largest absolute Gasteiger partial charge is 0.298 e. The molecule has 3 aromatic heterocycles. The summed E-state index contributed by atoms with van der Waals surface area (Å²) in [6.45, 7) is 2.82. The lowest BCUT2D eigenvalue weighted by Crippen LogP contribution is -2.33. The van der Waals surface area contributed by atoms with E-state index in [0.717, 1.165) is 42.9 Å². The van der Waals surface area contributed by atoms with Crippen LogP contribution < -0.4 is 5.56 Å². The molecule has 0 amide bonds. The number of benzene rings is 2. The molecule has 0 fully saturated rings. The fourth-order valence-corrected chi connectivity index (χ4v) is 5.94. The maximum Gasteiger partial charge on any atom is 0.261 e. The van der Waals surface area contributed by atoms with Crippen molar-refractivity contribution in [2.45, 2.75) is 19.4 Å². The second kappa shape index (κ2) is 8.01. The zero-order chi connectivity index (χ0) is 21.5. The average Bonchev–Trinajstić information content (AvgIpc) is 3.22. The van der Waals surface area contributed by atoms with Crippen molar-refractivity contribution in [2.75, 3.05) is 13.1 Å². The summed E-state index contributed by atoms with van der Waals surface area (Å²) in [6.07, 6.45) is 3.58. The number of thiophene rings is 1. The predicted octanol–water partition coefficient (Wildman–Crippen LogP) is 5.18. The number of pyridine rings is 1. The first-order chi connectivity index (χ1) is 15.8. The predicted molar refractivity (Wildman–Crippen MR) is 131 cm³/mol. The third-order valence-electron chi connectivity index (χ3n) is 6.37. The van der Waals surface area contributed by atoms with Crippen LogP contribution in [0.4, 0.5) is 0 Å². The van der Waals surface area contributed by atoms with Crippen LogP contribution >= 0.6 is 11.3 Å². The Bertz CT molecular complexity index is 1490. The summed E-state index contributed by atoms with van der Waals surface area (Å²) in [5, 5.41) is 1.38. The molecule has 1 aliphatic heterocycles. The van der Waals surface area contributed by atoms with Crippen LogP contribution in [0.3, 0.4) is 0 Å². The lowest BCUT2D eigenvalue weighted by atomic mass is 10.0. The van der Waals surface area contributed by atoms with E-state index in [4.69, 9.17) is 4.98 Å². The molecule has 0 saturated carbocycles. The quantitative estimate of drug-likeness (QED) is 0.389.